The third kappa shape index (κ3) is 6.06. The number of carbonyl (C=O) groups excluding carboxylic acids is 1. The smallest absolute Gasteiger partial charge is 0.240 e. The molecule has 112 valence electrons. The number of hydrogen-bond donors (Lipinski definition) is 1. The van der Waals surface area contributed by atoms with Gasteiger partial charge in [-0.2, -0.15) is 0 Å². The zero-order valence-electron chi connectivity index (χ0n) is 12.3. The Balaban J connectivity index is 1.59. The normalized spacial score (nSPS) is 10.8. The van der Waals surface area contributed by atoms with Crippen LogP contribution in [-0.2, 0) is 11.2 Å². The fourth-order valence-electron chi connectivity index (χ4n) is 2.12. The molecule has 5 heteroatoms. The second-order valence-electron chi connectivity index (χ2n) is 5.07. The molecule has 1 aromatic carbocycles. The molecule has 0 saturated carbocycles. The van der Waals surface area contributed by atoms with E-state index in [9.17, 15) is 4.79 Å². The highest BCUT2D eigenvalue weighted by molar-refractivity contribution is 7.13. The fraction of sp³-hybridized carbons (Fsp3) is 0.375. The molecule has 0 aliphatic carbocycles. The van der Waals surface area contributed by atoms with Crippen LogP contribution in [0.2, 0.25) is 0 Å². The number of benzene rings is 1. The van der Waals surface area contributed by atoms with Gasteiger partial charge >= 0.3 is 0 Å². The molecular weight excluding hydrogens is 282 g/mol. The van der Waals surface area contributed by atoms with Crippen LogP contribution in [0.15, 0.2) is 41.9 Å². The Hall–Kier alpha value is -1.72. The Bertz CT molecular complexity index is 528. The number of likely N-dealkylation sites (N-methyl/N-ethyl adjacent to an activating group) is 1. The SMILES string of the molecule is CN(CCCCc1ccccc1)CC(=O)Nc1nccs1. The van der Waals surface area contributed by atoms with Crippen LogP contribution < -0.4 is 5.32 Å². The lowest BCUT2D eigenvalue weighted by molar-refractivity contribution is -0.117. The van der Waals surface area contributed by atoms with Gasteiger partial charge in [-0.1, -0.05) is 30.3 Å². The number of thiazole rings is 1. The van der Waals surface area contributed by atoms with Crippen LogP contribution in [0.25, 0.3) is 0 Å². The van der Waals surface area contributed by atoms with Gasteiger partial charge in [0.15, 0.2) is 5.13 Å². The Morgan fingerprint density at radius 1 is 1.29 bits per heavy atom. The van der Waals surface area contributed by atoms with Gasteiger partial charge < -0.3 is 5.32 Å². The second kappa shape index (κ2) is 8.54. The number of unbranched alkanes of at least 4 members (excludes halogenated alkanes) is 1. The summed E-state index contributed by atoms with van der Waals surface area (Å²) in [5.41, 5.74) is 1.38. The molecule has 0 atom stereocenters. The topological polar surface area (TPSA) is 45.2 Å². The molecule has 0 saturated heterocycles. The summed E-state index contributed by atoms with van der Waals surface area (Å²) in [4.78, 5) is 17.9. The summed E-state index contributed by atoms with van der Waals surface area (Å²) < 4.78 is 0. The summed E-state index contributed by atoms with van der Waals surface area (Å²) in [6.45, 7) is 1.34. The minimum atomic E-state index is -0.00416. The van der Waals surface area contributed by atoms with E-state index in [4.69, 9.17) is 0 Å². The largest absolute Gasteiger partial charge is 0.301 e. The van der Waals surface area contributed by atoms with Gasteiger partial charge in [-0.25, -0.2) is 4.98 Å². The summed E-state index contributed by atoms with van der Waals surface area (Å²) >= 11 is 1.44. The first-order valence-electron chi connectivity index (χ1n) is 7.16. The number of nitrogens with zero attached hydrogens (tertiary/aromatic N) is 2. The van der Waals surface area contributed by atoms with Crippen molar-refractivity contribution in [3.63, 3.8) is 0 Å². The lowest BCUT2D eigenvalue weighted by Crippen LogP contribution is -2.30. The first-order chi connectivity index (χ1) is 10.2. The van der Waals surface area contributed by atoms with Gasteiger partial charge in [0.05, 0.1) is 6.54 Å². The van der Waals surface area contributed by atoms with Crippen molar-refractivity contribution in [1.29, 1.82) is 0 Å². The first kappa shape index (κ1) is 15.7. The van der Waals surface area contributed by atoms with E-state index in [1.54, 1.807) is 6.20 Å². The molecule has 0 bridgehead atoms. The molecule has 2 rings (SSSR count). The molecule has 0 radical (unpaired) electrons. The van der Waals surface area contributed by atoms with Crippen molar-refractivity contribution in [1.82, 2.24) is 9.88 Å². The van der Waals surface area contributed by atoms with Crippen LogP contribution in [0.4, 0.5) is 5.13 Å². The van der Waals surface area contributed by atoms with Crippen LogP contribution in [0, 0.1) is 0 Å². The number of carbonyl (C=O) groups is 1. The maximum atomic E-state index is 11.8. The van der Waals surface area contributed by atoms with Crippen molar-refractivity contribution >= 4 is 22.4 Å². The van der Waals surface area contributed by atoms with Crippen LogP contribution in [0.5, 0.6) is 0 Å². The number of anilines is 1. The third-order valence-corrected chi connectivity index (χ3v) is 3.88. The number of aromatic nitrogens is 1. The van der Waals surface area contributed by atoms with Crippen molar-refractivity contribution in [2.24, 2.45) is 0 Å². The molecule has 21 heavy (non-hydrogen) atoms. The molecular formula is C16H21N3OS. The highest BCUT2D eigenvalue weighted by Crippen LogP contribution is 2.10. The van der Waals surface area contributed by atoms with Gasteiger partial charge in [-0.05, 0) is 38.4 Å². The molecule has 4 nitrogen and oxygen atoms in total. The minimum Gasteiger partial charge on any atom is -0.301 e. The molecule has 0 fully saturated rings. The Labute approximate surface area is 129 Å². The summed E-state index contributed by atoms with van der Waals surface area (Å²) in [7, 11) is 1.98. The zero-order chi connectivity index (χ0) is 14.9. The van der Waals surface area contributed by atoms with Crippen molar-refractivity contribution in [2.45, 2.75) is 19.3 Å². The van der Waals surface area contributed by atoms with Crippen LogP contribution >= 0.6 is 11.3 Å². The Morgan fingerprint density at radius 2 is 2.10 bits per heavy atom. The Morgan fingerprint density at radius 3 is 2.81 bits per heavy atom. The van der Waals surface area contributed by atoms with E-state index in [0.717, 1.165) is 25.8 Å². The first-order valence-corrected chi connectivity index (χ1v) is 8.04. The molecule has 0 aliphatic heterocycles. The molecule has 1 heterocycles. The lowest BCUT2D eigenvalue weighted by atomic mass is 10.1. The fourth-order valence-corrected chi connectivity index (χ4v) is 2.67. The molecule has 2 aromatic rings. The molecule has 0 aliphatic rings. The van der Waals surface area contributed by atoms with Gasteiger partial charge in [-0.3, -0.25) is 9.69 Å². The summed E-state index contributed by atoms with van der Waals surface area (Å²) in [5, 5.41) is 5.31. The highest BCUT2D eigenvalue weighted by atomic mass is 32.1. The predicted octanol–water partition coefficient (Wildman–Crippen LogP) is 3.04. The zero-order valence-corrected chi connectivity index (χ0v) is 13.1. The summed E-state index contributed by atoms with van der Waals surface area (Å²) in [5.74, 6) is -0.00416. The number of rotatable bonds is 8. The van der Waals surface area contributed by atoms with E-state index in [2.05, 4.69) is 34.6 Å². The molecule has 0 spiro atoms. The maximum Gasteiger partial charge on any atom is 0.240 e. The number of aryl methyl sites for hydroxylation is 1. The quantitative estimate of drug-likeness (QED) is 0.762. The highest BCUT2D eigenvalue weighted by Gasteiger charge is 2.07. The van der Waals surface area contributed by atoms with Gasteiger partial charge in [0.1, 0.15) is 0 Å². The van der Waals surface area contributed by atoms with Crippen LogP contribution in [0.3, 0.4) is 0 Å². The third-order valence-electron chi connectivity index (χ3n) is 3.19. The molecule has 1 N–H and O–H groups in total. The van der Waals surface area contributed by atoms with Gasteiger partial charge in [0, 0.05) is 11.6 Å². The average molecular weight is 303 g/mol. The number of nitrogens with one attached hydrogen (secondary N) is 1. The van der Waals surface area contributed by atoms with Crippen molar-refractivity contribution in [2.75, 3.05) is 25.5 Å². The van der Waals surface area contributed by atoms with E-state index in [1.807, 2.05) is 23.4 Å². The molecule has 1 amide bonds. The number of hydrogen-bond acceptors (Lipinski definition) is 4. The second-order valence-corrected chi connectivity index (χ2v) is 5.96. The van der Waals surface area contributed by atoms with Crippen molar-refractivity contribution in [3.05, 3.63) is 47.5 Å². The van der Waals surface area contributed by atoms with Gasteiger partial charge in [-0.15, -0.1) is 11.3 Å². The van der Waals surface area contributed by atoms with Gasteiger partial charge in [0.25, 0.3) is 0 Å². The van der Waals surface area contributed by atoms with E-state index in [-0.39, 0.29) is 5.91 Å². The van der Waals surface area contributed by atoms with E-state index in [1.165, 1.54) is 16.9 Å². The molecule has 1 aromatic heterocycles. The van der Waals surface area contributed by atoms with Crippen molar-refractivity contribution < 1.29 is 4.79 Å². The maximum absolute atomic E-state index is 11.8. The Kier molecular flexibility index (Phi) is 6.37. The molecule has 0 unspecified atom stereocenters. The van der Waals surface area contributed by atoms with Crippen LogP contribution in [0.1, 0.15) is 18.4 Å². The van der Waals surface area contributed by atoms with E-state index < -0.39 is 0 Å². The number of amides is 1. The minimum absolute atomic E-state index is 0.00416. The standard InChI is InChI=1S/C16H21N3OS/c1-19(13-15(20)18-16-17-10-12-21-16)11-6-5-9-14-7-3-2-4-8-14/h2-4,7-8,10,12H,5-6,9,11,13H2,1H3,(H,17,18,20). The monoisotopic (exact) mass is 303 g/mol. The summed E-state index contributed by atoms with van der Waals surface area (Å²) in [6, 6.07) is 10.5. The lowest BCUT2D eigenvalue weighted by Gasteiger charge is -2.15. The average Bonchev–Trinajstić information content (AvgIpc) is 2.97. The summed E-state index contributed by atoms with van der Waals surface area (Å²) in [6.07, 6.45) is 5.02. The van der Waals surface area contributed by atoms with Gasteiger partial charge in [0.2, 0.25) is 5.91 Å². The van der Waals surface area contributed by atoms with Crippen LogP contribution in [-0.4, -0.2) is 35.9 Å². The predicted molar refractivity (Wildman–Crippen MR) is 87.6 cm³/mol. The van der Waals surface area contributed by atoms with E-state index >= 15 is 0 Å². The van der Waals surface area contributed by atoms with E-state index in [0.29, 0.717) is 11.7 Å². The van der Waals surface area contributed by atoms with Crippen molar-refractivity contribution in [3.8, 4) is 0 Å².